The normalized spacial score (nSPS) is 15.3. The van der Waals surface area contributed by atoms with Crippen molar-refractivity contribution in [3.63, 3.8) is 0 Å². The van der Waals surface area contributed by atoms with Crippen molar-refractivity contribution in [3.8, 4) is 0 Å². The molecule has 1 aliphatic rings. The number of nitrogen functional groups attached to an aromatic ring is 1. The van der Waals surface area contributed by atoms with Gasteiger partial charge in [0, 0.05) is 48.8 Å². The number of hydrogen-bond donors (Lipinski definition) is 3. The highest BCUT2D eigenvalue weighted by molar-refractivity contribution is 7.89. The Bertz CT molecular complexity index is 1240. The van der Waals surface area contributed by atoms with Gasteiger partial charge in [-0.05, 0) is 42.8 Å². The van der Waals surface area contributed by atoms with Crippen molar-refractivity contribution in [2.75, 3.05) is 26.2 Å². The van der Waals surface area contributed by atoms with Gasteiger partial charge in [-0.1, -0.05) is 17.7 Å². The molecule has 0 aliphatic carbocycles. The van der Waals surface area contributed by atoms with E-state index in [4.69, 9.17) is 11.1 Å². The number of fused-ring (bicyclic) bond motifs is 1. The summed E-state index contributed by atoms with van der Waals surface area (Å²) < 4.78 is 27.1. The third-order valence-corrected chi connectivity index (χ3v) is 7.58. The van der Waals surface area contributed by atoms with Gasteiger partial charge in [0.2, 0.25) is 15.9 Å². The smallest absolute Gasteiger partial charge is 0.243 e. The number of nitrogens with one attached hydrogen (secondary N) is 2. The summed E-state index contributed by atoms with van der Waals surface area (Å²) in [5.74, 6) is -0.0761. The number of amidine groups is 1. The summed E-state index contributed by atoms with van der Waals surface area (Å²) >= 11 is 0. The first kappa shape index (κ1) is 21.1. The third-order valence-electron chi connectivity index (χ3n) is 5.67. The van der Waals surface area contributed by atoms with E-state index in [0.29, 0.717) is 18.7 Å². The number of carbonyl (C=O) groups is 1. The van der Waals surface area contributed by atoms with Crippen LogP contribution in [0.15, 0.2) is 53.6 Å². The predicted octanol–water partition coefficient (Wildman–Crippen LogP) is 1.84. The number of benzene rings is 2. The molecular formula is C22H25N5O3S. The third kappa shape index (κ3) is 4.19. The molecule has 1 aromatic heterocycles. The number of rotatable bonds is 5. The maximum atomic E-state index is 12.9. The van der Waals surface area contributed by atoms with E-state index in [1.807, 2.05) is 19.1 Å². The summed E-state index contributed by atoms with van der Waals surface area (Å²) in [5.41, 5.74) is 8.90. The average Bonchev–Trinajstić information content (AvgIpc) is 3.16. The van der Waals surface area contributed by atoms with Gasteiger partial charge in [0.05, 0.1) is 11.3 Å². The Hall–Kier alpha value is -3.17. The fraction of sp³-hybridized carbons (Fsp3) is 0.273. The standard InChI is InChI=1S/C22H25N5O3S/c1-15-2-5-18(6-3-15)31(29,30)27-10-8-26(9-11-27)21(28)13-17-14-25-20-7-4-16(22(23)24)12-19(17)20/h2-7,12,14,25H,8-11,13H2,1H3,(H3,23,24). The minimum atomic E-state index is -3.56. The van der Waals surface area contributed by atoms with Crippen LogP contribution in [0.1, 0.15) is 16.7 Å². The zero-order valence-electron chi connectivity index (χ0n) is 17.3. The number of amides is 1. The molecule has 4 rings (SSSR count). The van der Waals surface area contributed by atoms with Gasteiger partial charge in [0.1, 0.15) is 5.84 Å². The molecule has 1 aliphatic heterocycles. The van der Waals surface area contributed by atoms with Crippen LogP contribution in [-0.2, 0) is 21.2 Å². The van der Waals surface area contributed by atoms with E-state index >= 15 is 0 Å². The van der Waals surface area contributed by atoms with Crippen LogP contribution in [0.4, 0.5) is 0 Å². The van der Waals surface area contributed by atoms with E-state index in [9.17, 15) is 13.2 Å². The summed E-state index contributed by atoms with van der Waals surface area (Å²) in [6.07, 6.45) is 2.00. The fourth-order valence-corrected chi connectivity index (χ4v) is 5.23. The Morgan fingerprint density at radius 2 is 1.77 bits per heavy atom. The molecule has 2 aromatic carbocycles. The van der Waals surface area contributed by atoms with Crippen LogP contribution in [-0.4, -0.2) is 60.5 Å². The number of aromatic nitrogens is 1. The number of hydrogen-bond acceptors (Lipinski definition) is 4. The molecule has 2 heterocycles. The van der Waals surface area contributed by atoms with Crippen LogP contribution in [0.25, 0.3) is 10.9 Å². The second-order valence-corrected chi connectivity index (χ2v) is 9.70. The number of sulfonamides is 1. The van der Waals surface area contributed by atoms with Gasteiger partial charge >= 0.3 is 0 Å². The van der Waals surface area contributed by atoms with Crippen LogP contribution in [0.5, 0.6) is 0 Å². The van der Waals surface area contributed by atoms with Crippen molar-refractivity contribution in [3.05, 3.63) is 65.4 Å². The van der Waals surface area contributed by atoms with Gasteiger partial charge in [-0.2, -0.15) is 4.31 Å². The van der Waals surface area contributed by atoms with Crippen molar-refractivity contribution < 1.29 is 13.2 Å². The molecule has 0 radical (unpaired) electrons. The van der Waals surface area contributed by atoms with Gasteiger partial charge in [0.25, 0.3) is 0 Å². The van der Waals surface area contributed by atoms with Gasteiger partial charge < -0.3 is 15.6 Å². The van der Waals surface area contributed by atoms with E-state index in [1.165, 1.54) is 4.31 Å². The maximum Gasteiger partial charge on any atom is 0.243 e. The molecule has 0 spiro atoms. The maximum absolute atomic E-state index is 12.9. The second kappa shape index (κ2) is 8.16. The summed E-state index contributed by atoms with van der Waals surface area (Å²) in [5, 5.41) is 8.48. The van der Waals surface area contributed by atoms with Gasteiger partial charge in [-0.3, -0.25) is 10.2 Å². The van der Waals surface area contributed by atoms with Crippen molar-refractivity contribution in [2.45, 2.75) is 18.2 Å². The minimum Gasteiger partial charge on any atom is -0.384 e. The Morgan fingerprint density at radius 3 is 2.42 bits per heavy atom. The monoisotopic (exact) mass is 439 g/mol. The first-order valence-electron chi connectivity index (χ1n) is 10.0. The molecule has 4 N–H and O–H groups in total. The van der Waals surface area contributed by atoms with Crippen molar-refractivity contribution in [2.24, 2.45) is 5.73 Å². The topological polar surface area (TPSA) is 123 Å². The number of aryl methyl sites for hydroxylation is 1. The summed E-state index contributed by atoms with van der Waals surface area (Å²) in [6, 6.07) is 12.2. The molecule has 0 bridgehead atoms. The van der Waals surface area contributed by atoms with Crippen LogP contribution in [0.2, 0.25) is 0 Å². The summed E-state index contributed by atoms with van der Waals surface area (Å²) in [4.78, 5) is 18.0. The van der Waals surface area contributed by atoms with Crippen molar-refractivity contribution >= 4 is 32.7 Å². The minimum absolute atomic E-state index is 0.0220. The second-order valence-electron chi connectivity index (χ2n) is 7.76. The van der Waals surface area contributed by atoms with Crippen LogP contribution in [0, 0.1) is 12.3 Å². The molecule has 3 aromatic rings. The molecule has 9 heteroatoms. The largest absolute Gasteiger partial charge is 0.384 e. The summed E-state index contributed by atoms with van der Waals surface area (Å²) in [7, 11) is -3.56. The summed E-state index contributed by atoms with van der Waals surface area (Å²) in [6.45, 7) is 3.15. The number of carbonyl (C=O) groups excluding carboxylic acids is 1. The van der Waals surface area contributed by atoms with E-state index in [1.54, 1.807) is 41.4 Å². The molecule has 1 saturated heterocycles. The van der Waals surface area contributed by atoms with Crippen molar-refractivity contribution in [1.82, 2.24) is 14.2 Å². The van der Waals surface area contributed by atoms with Gasteiger partial charge in [0.15, 0.2) is 0 Å². The Morgan fingerprint density at radius 1 is 1.10 bits per heavy atom. The molecule has 0 atom stereocenters. The molecule has 8 nitrogen and oxygen atoms in total. The van der Waals surface area contributed by atoms with E-state index in [2.05, 4.69) is 4.98 Å². The Kier molecular flexibility index (Phi) is 5.55. The van der Waals surface area contributed by atoms with Gasteiger partial charge in [-0.25, -0.2) is 8.42 Å². The quantitative estimate of drug-likeness (QED) is 0.414. The zero-order valence-corrected chi connectivity index (χ0v) is 18.1. The highest BCUT2D eigenvalue weighted by Crippen LogP contribution is 2.22. The predicted molar refractivity (Wildman–Crippen MR) is 120 cm³/mol. The molecule has 1 amide bonds. The Labute approximate surface area is 181 Å². The highest BCUT2D eigenvalue weighted by atomic mass is 32.2. The average molecular weight is 440 g/mol. The molecule has 162 valence electrons. The lowest BCUT2D eigenvalue weighted by Crippen LogP contribution is -2.50. The SMILES string of the molecule is Cc1ccc(S(=O)(=O)N2CCN(C(=O)Cc3c[nH]c4ccc(C(=N)N)cc34)CC2)cc1. The molecular weight excluding hydrogens is 414 g/mol. The number of piperazine rings is 1. The molecule has 0 unspecified atom stereocenters. The van der Waals surface area contributed by atoms with E-state index < -0.39 is 10.0 Å². The highest BCUT2D eigenvalue weighted by Gasteiger charge is 2.30. The fourth-order valence-electron chi connectivity index (χ4n) is 3.80. The number of nitrogens with two attached hydrogens (primary N) is 1. The lowest BCUT2D eigenvalue weighted by Gasteiger charge is -2.34. The lowest BCUT2D eigenvalue weighted by molar-refractivity contribution is -0.131. The lowest BCUT2D eigenvalue weighted by atomic mass is 10.1. The van der Waals surface area contributed by atoms with Crippen LogP contribution >= 0.6 is 0 Å². The van der Waals surface area contributed by atoms with Crippen molar-refractivity contribution in [1.29, 1.82) is 5.41 Å². The molecule has 0 saturated carbocycles. The number of aromatic amines is 1. The van der Waals surface area contributed by atoms with E-state index in [0.717, 1.165) is 22.0 Å². The first-order chi connectivity index (χ1) is 14.8. The van der Waals surface area contributed by atoms with Gasteiger partial charge in [-0.15, -0.1) is 0 Å². The molecule has 1 fully saturated rings. The van der Waals surface area contributed by atoms with Crippen LogP contribution in [0.3, 0.4) is 0 Å². The number of H-pyrrole nitrogens is 1. The molecule has 31 heavy (non-hydrogen) atoms. The van der Waals surface area contributed by atoms with E-state index in [-0.39, 0.29) is 36.1 Å². The number of nitrogens with zero attached hydrogens (tertiary/aromatic N) is 2. The van der Waals surface area contributed by atoms with Crippen LogP contribution < -0.4 is 5.73 Å². The zero-order chi connectivity index (χ0) is 22.2. The Balaban J connectivity index is 1.43. The first-order valence-corrected chi connectivity index (χ1v) is 11.5.